The topological polar surface area (TPSA) is 38.3 Å². The Morgan fingerprint density at radius 3 is 2.87 bits per heavy atom. The molecular formula is C11H10ClNO2. The molecule has 1 spiro atoms. The highest BCUT2D eigenvalue weighted by molar-refractivity contribution is 6.31. The van der Waals surface area contributed by atoms with E-state index in [4.69, 9.17) is 16.3 Å². The normalized spacial score (nSPS) is 21.8. The van der Waals surface area contributed by atoms with Gasteiger partial charge in [-0.3, -0.25) is 4.79 Å². The van der Waals surface area contributed by atoms with Crippen molar-refractivity contribution in [3.05, 3.63) is 28.8 Å². The largest absolute Gasteiger partial charge is 0.483 e. The number of halogens is 1. The highest BCUT2D eigenvalue weighted by Crippen LogP contribution is 2.36. The number of ether oxygens (including phenoxy) is 1. The molecule has 0 saturated carbocycles. The van der Waals surface area contributed by atoms with Gasteiger partial charge in [-0.1, -0.05) is 11.6 Å². The van der Waals surface area contributed by atoms with Gasteiger partial charge in [0.2, 0.25) is 0 Å². The summed E-state index contributed by atoms with van der Waals surface area (Å²) in [5.41, 5.74) is 0.317. The van der Waals surface area contributed by atoms with Gasteiger partial charge in [0.15, 0.2) is 5.78 Å². The van der Waals surface area contributed by atoms with E-state index in [9.17, 15) is 4.79 Å². The van der Waals surface area contributed by atoms with Gasteiger partial charge in [0.25, 0.3) is 0 Å². The second-order valence-electron chi connectivity index (χ2n) is 4.13. The molecule has 15 heavy (non-hydrogen) atoms. The van der Waals surface area contributed by atoms with Crippen molar-refractivity contribution in [2.45, 2.75) is 12.0 Å². The molecule has 1 saturated heterocycles. The zero-order chi connectivity index (χ0) is 10.5. The molecule has 4 heteroatoms. The summed E-state index contributed by atoms with van der Waals surface area (Å²) in [6.07, 6.45) is 0.452. The molecule has 2 heterocycles. The minimum absolute atomic E-state index is 0.125. The maximum atomic E-state index is 11.9. The molecule has 2 aliphatic heterocycles. The van der Waals surface area contributed by atoms with E-state index in [0.717, 1.165) is 13.1 Å². The van der Waals surface area contributed by atoms with E-state index in [-0.39, 0.29) is 11.4 Å². The minimum atomic E-state index is -0.294. The van der Waals surface area contributed by atoms with Crippen LogP contribution < -0.4 is 10.1 Å². The number of ketones is 1. The number of carbonyl (C=O) groups is 1. The average Bonchev–Trinajstić information content (AvgIpc) is 2.16. The Hall–Kier alpha value is -1.06. The zero-order valence-corrected chi connectivity index (χ0v) is 8.80. The fourth-order valence-corrected chi connectivity index (χ4v) is 2.24. The van der Waals surface area contributed by atoms with E-state index in [2.05, 4.69) is 5.32 Å². The lowest BCUT2D eigenvalue weighted by molar-refractivity contribution is 0.00242. The summed E-state index contributed by atoms with van der Waals surface area (Å²) in [4.78, 5) is 11.9. The molecule has 0 bridgehead atoms. The van der Waals surface area contributed by atoms with Crippen molar-refractivity contribution in [1.29, 1.82) is 0 Å². The van der Waals surface area contributed by atoms with Crippen molar-refractivity contribution in [1.82, 2.24) is 5.32 Å². The standard InChI is InChI=1S/C11H10ClNO2/c12-7-1-2-10-8(3-7)9(14)4-11(15-10)5-13-6-11/h1-3,13H,4-6H2. The van der Waals surface area contributed by atoms with E-state index < -0.39 is 0 Å². The van der Waals surface area contributed by atoms with Crippen molar-refractivity contribution >= 4 is 17.4 Å². The Bertz CT molecular complexity index is 440. The lowest BCUT2D eigenvalue weighted by atomic mass is 9.85. The van der Waals surface area contributed by atoms with Crippen LogP contribution in [0.25, 0.3) is 0 Å². The van der Waals surface area contributed by atoms with Gasteiger partial charge in [-0.15, -0.1) is 0 Å². The van der Waals surface area contributed by atoms with E-state index in [0.29, 0.717) is 22.8 Å². The number of fused-ring (bicyclic) bond motifs is 1. The average molecular weight is 224 g/mol. The van der Waals surface area contributed by atoms with Gasteiger partial charge >= 0.3 is 0 Å². The lowest BCUT2D eigenvalue weighted by Gasteiger charge is -2.44. The quantitative estimate of drug-likeness (QED) is 0.727. The molecule has 3 nitrogen and oxygen atoms in total. The monoisotopic (exact) mass is 223 g/mol. The van der Waals surface area contributed by atoms with Crippen LogP contribution in [0, 0.1) is 0 Å². The number of Topliss-reactive ketones (excluding diaryl/α,β-unsaturated/α-hetero) is 1. The van der Waals surface area contributed by atoms with Crippen LogP contribution >= 0.6 is 11.6 Å². The fraction of sp³-hybridized carbons (Fsp3) is 0.364. The first-order valence-electron chi connectivity index (χ1n) is 4.91. The van der Waals surface area contributed by atoms with E-state index in [1.165, 1.54) is 0 Å². The number of hydrogen-bond donors (Lipinski definition) is 1. The molecule has 0 atom stereocenters. The van der Waals surface area contributed by atoms with Crippen LogP contribution in [0.2, 0.25) is 5.02 Å². The minimum Gasteiger partial charge on any atom is -0.483 e. The Morgan fingerprint density at radius 1 is 1.40 bits per heavy atom. The summed E-state index contributed by atoms with van der Waals surface area (Å²) in [7, 11) is 0. The van der Waals surface area contributed by atoms with E-state index in [1.54, 1.807) is 18.2 Å². The van der Waals surface area contributed by atoms with Gasteiger partial charge in [0.1, 0.15) is 11.4 Å². The summed E-state index contributed by atoms with van der Waals surface area (Å²) in [5, 5.41) is 3.71. The number of benzene rings is 1. The first kappa shape index (κ1) is 9.19. The second kappa shape index (κ2) is 2.97. The molecule has 0 aliphatic carbocycles. The number of carbonyl (C=O) groups excluding carboxylic acids is 1. The van der Waals surface area contributed by atoms with Gasteiger partial charge in [-0.25, -0.2) is 0 Å². The maximum Gasteiger partial charge on any atom is 0.170 e. The molecule has 1 N–H and O–H groups in total. The van der Waals surface area contributed by atoms with Crippen molar-refractivity contribution in [3.8, 4) is 5.75 Å². The van der Waals surface area contributed by atoms with Crippen LogP contribution in [0.15, 0.2) is 18.2 Å². The summed E-state index contributed by atoms with van der Waals surface area (Å²) in [6, 6.07) is 5.20. The Balaban J connectivity index is 2.04. The molecule has 1 aromatic carbocycles. The predicted molar refractivity (Wildman–Crippen MR) is 56.6 cm³/mol. The van der Waals surface area contributed by atoms with Crippen LogP contribution in [0.3, 0.4) is 0 Å². The number of nitrogens with one attached hydrogen (secondary N) is 1. The summed E-state index contributed by atoms with van der Waals surface area (Å²) >= 11 is 5.84. The Kier molecular flexibility index (Phi) is 1.82. The summed E-state index contributed by atoms with van der Waals surface area (Å²) < 4.78 is 5.84. The molecule has 2 aliphatic rings. The van der Waals surface area contributed by atoms with Gasteiger partial charge in [-0.2, -0.15) is 0 Å². The van der Waals surface area contributed by atoms with Crippen molar-refractivity contribution < 1.29 is 9.53 Å². The summed E-state index contributed by atoms with van der Waals surface area (Å²) in [5.74, 6) is 0.789. The number of rotatable bonds is 0. The van der Waals surface area contributed by atoms with Gasteiger partial charge in [-0.05, 0) is 18.2 Å². The molecule has 0 unspecified atom stereocenters. The Morgan fingerprint density at radius 2 is 2.20 bits per heavy atom. The lowest BCUT2D eigenvalue weighted by Crippen LogP contribution is -2.65. The summed E-state index contributed by atoms with van der Waals surface area (Å²) in [6.45, 7) is 1.50. The molecule has 3 rings (SSSR count). The third-order valence-electron chi connectivity index (χ3n) is 2.95. The molecule has 0 radical (unpaired) electrons. The first-order valence-corrected chi connectivity index (χ1v) is 5.29. The smallest absolute Gasteiger partial charge is 0.170 e. The van der Waals surface area contributed by atoms with E-state index >= 15 is 0 Å². The highest BCUT2D eigenvalue weighted by atomic mass is 35.5. The van der Waals surface area contributed by atoms with Crippen LogP contribution in [0.4, 0.5) is 0 Å². The van der Waals surface area contributed by atoms with Gasteiger partial charge in [0, 0.05) is 18.1 Å². The first-order chi connectivity index (χ1) is 7.19. The van der Waals surface area contributed by atoms with Crippen molar-refractivity contribution in [2.24, 2.45) is 0 Å². The maximum absolute atomic E-state index is 11.9. The van der Waals surface area contributed by atoms with Crippen molar-refractivity contribution in [2.75, 3.05) is 13.1 Å². The molecule has 1 aromatic rings. The molecule has 0 aromatic heterocycles. The Labute approximate surface area is 92.4 Å². The van der Waals surface area contributed by atoms with Crippen LogP contribution in [0.1, 0.15) is 16.8 Å². The fourth-order valence-electron chi connectivity index (χ4n) is 2.07. The zero-order valence-electron chi connectivity index (χ0n) is 8.05. The van der Waals surface area contributed by atoms with Crippen molar-refractivity contribution in [3.63, 3.8) is 0 Å². The second-order valence-corrected chi connectivity index (χ2v) is 4.57. The van der Waals surface area contributed by atoms with Crippen LogP contribution in [0.5, 0.6) is 5.75 Å². The SMILES string of the molecule is O=C1CC2(CNC2)Oc2ccc(Cl)cc21. The number of hydrogen-bond acceptors (Lipinski definition) is 3. The molecule has 1 fully saturated rings. The molecular weight excluding hydrogens is 214 g/mol. The highest BCUT2D eigenvalue weighted by Gasteiger charge is 2.45. The van der Waals surface area contributed by atoms with Crippen LogP contribution in [-0.2, 0) is 0 Å². The molecule has 0 amide bonds. The third kappa shape index (κ3) is 1.34. The van der Waals surface area contributed by atoms with Gasteiger partial charge < -0.3 is 10.1 Å². The van der Waals surface area contributed by atoms with Crippen LogP contribution in [-0.4, -0.2) is 24.5 Å². The predicted octanol–water partition coefficient (Wildman–Crippen LogP) is 1.65. The molecule has 78 valence electrons. The van der Waals surface area contributed by atoms with Gasteiger partial charge in [0.05, 0.1) is 12.0 Å². The van der Waals surface area contributed by atoms with E-state index in [1.807, 2.05) is 0 Å². The third-order valence-corrected chi connectivity index (χ3v) is 3.18.